The maximum absolute atomic E-state index is 12.9. The molecule has 1 aromatic rings. The molecule has 0 bridgehead atoms. The van der Waals surface area contributed by atoms with Gasteiger partial charge in [0.25, 0.3) is 5.91 Å². The molecule has 1 atom stereocenters. The second kappa shape index (κ2) is 6.76. The quantitative estimate of drug-likeness (QED) is 0.796. The number of halogens is 2. The highest BCUT2D eigenvalue weighted by Gasteiger charge is 2.31. The van der Waals surface area contributed by atoms with Gasteiger partial charge in [-0.2, -0.15) is 0 Å². The second-order valence-corrected chi connectivity index (χ2v) is 5.12. The lowest BCUT2D eigenvalue weighted by Crippen LogP contribution is -2.34. The molecular formula is C14H15ClFNO4. The van der Waals surface area contributed by atoms with Crippen molar-refractivity contribution in [1.29, 1.82) is 0 Å². The fraction of sp³-hybridized carbons (Fsp3) is 0.429. The van der Waals surface area contributed by atoms with E-state index in [0.717, 1.165) is 6.07 Å². The van der Waals surface area contributed by atoms with Crippen LogP contribution in [-0.2, 0) is 14.3 Å². The van der Waals surface area contributed by atoms with Gasteiger partial charge >= 0.3 is 5.97 Å². The van der Waals surface area contributed by atoms with Crippen LogP contribution in [0.25, 0.3) is 0 Å². The highest BCUT2D eigenvalue weighted by molar-refractivity contribution is 6.32. The lowest BCUT2D eigenvalue weighted by Gasteiger charge is -2.16. The van der Waals surface area contributed by atoms with Gasteiger partial charge in [-0.05, 0) is 24.6 Å². The summed E-state index contributed by atoms with van der Waals surface area (Å²) in [5.74, 6) is -1.07. The summed E-state index contributed by atoms with van der Waals surface area (Å²) in [5.41, 5.74) is 0. The molecule has 0 saturated carbocycles. The predicted octanol–water partition coefficient (Wildman–Crippen LogP) is 1.88. The molecule has 1 aliphatic heterocycles. The molecular weight excluding hydrogens is 301 g/mol. The monoisotopic (exact) mass is 315 g/mol. The number of carbonyl (C=O) groups excluding carboxylic acids is 2. The molecule has 1 unspecified atom stereocenters. The number of likely N-dealkylation sites (tertiary alicyclic amines) is 1. The van der Waals surface area contributed by atoms with Gasteiger partial charge in [-0.15, -0.1) is 0 Å². The van der Waals surface area contributed by atoms with Crippen LogP contribution in [0.1, 0.15) is 6.42 Å². The van der Waals surface area contributed by atoms with Crippen LogP contribution in [0.15, 0.2) is 18.2 Å². The van der Waals surface area contributed by atoms with Crippen molar-refractivity contribution >= 4 is 23.5 Å². The fourth-order valence-electron chi connectivity index (χ4n) is 2.17. The van der Waals surface area contributed by atoms with Gasteiger partial charge in [0.05, 0.1) is 18.1 Å². The third kappa shape index (κ3) is 3.85. The summed E-state index contributed by atoms with van der Waals surface area (Å²) in [6.45, 7) is 0.602. The van der Waals surface area contributed by atoms with E-state index in [2.05, 4.69) is 4.74 Å². The largest absolute Gasteiger partial charge is 0.482 e. The fourth-order valence-corrected chi connectivity index (χ4v) is 2.39. The van der Waals surface area contributed by atoms with E-state index in [9.17, 15) is 14.0 Å². The standard InChI is InChI=1S/C14H15ClFNO4/c1-20-14(19)9-4-5-17(7-9)13(18)8-21-12-3-2-10(16)6-11(12)15/h2-3,6,9H,4-5,7-8H2,1H3. The van der Waals surface area contributed by atoms with E-state index in [1.54, 1.807) is 4.90 Å². The first-order valence-corrected chi connectivity index (χ1v) is 6.82. The number of esters is 1. The Morgan fingerprint density at radius 3 is 2.90 bits per heavy atom. The molecule has 1 aliphatic rings. The minimum absolute atomic E-state index is 0.108. The van der Waals surface area contributed by atoms with Crippen molar-refractivity contribution in [1.82, 2.24) is 4.90 Å². The van der Waals surface area contributed by atoms with E-state index < -0.39 is 5.82 Å². The van der Waals surface area contributed by atoms with Gasteiger partial charge in [0.2, 0.25) is 0 Å². The Kier molecular flexibility index (Phi) is 5.01. The van der Waals surface area contributed by atoms with Crippen molar-refractivity contribution < 1.29 is 23.5 Å². The van der Waals surface area contributed by atoms with E-state index in [0.29, 0.717) is 19.5 Å². The summed E-state index contributed by atoms with van der Waals surface area (Å²) < 4.78 is 22.8. The van der Waals surface area contributed by atoms with E-state index in [1.807, 2.05) is 0 Å². The van der Waals surface area contributed by atoms with Gasteiger partial charge in [0, 0.05) is 13.1 Å². The lowest BCUT2D eigenvalue weighted by atomic mass is 10.1. The maximum atomic E-state index is 12.9. The van der Waals surface area contributed by atoms with Crippen LogP contribution < -0.4 is 4.74 Å². The minimum atomic E-state index is -0.473. The lowest BCUT2D eigenvalue weighted by molar-refractivity contribution is -0.145. The summed E-state index contributed by atoms with van der Waals surface area (Å²) in [6.07, 6.45) is 0.579. The number of nitrogens with zero attached hydrogens (tertiary/aromatic N) is 1. The first-order valence-electron chi connectivity index (χ1n) is 6.44. The minimum Gasteiger partial charge on any atom is -0.482 e. The molecule has 0 aliphatic carbocycles. The van der Waals surface area contributed by atoms with Crippen LogP contribution in [0, 0.1) is 11.7 Å². The Hall–Kier alpha value is -1.82. The first kappa shape index (κ1) is 15.6. The zero-order chi connectivity index (χ0) is 15.4. The topological polar surface area (TPSA) is 55.8 Å². The molecule has 2 rings (SSSR count). The highest BCUT2D eigenvalue weighted by atomic mass is 35.5. The third-order valence-electron chi connectivity index (χ3n) is 3.32. The van der Waals surface area contributed by atoms with Gasteiger partial charge in [0.15, 0.2) is 6.61 Å². The van der Waals surface area contributed by atoms with Gasteiger partial charge in [-0.25, -0.2) is 4.39 Å². The summed E-state index contributed by atoms with van der Waals surface area (Å²) >= 11 is 5.81. The van der Waals surface area contributed by atoms with Crippen molar-refractivity contribution in [3.05, 3.63) is 29.0 Å². The molecule has 1 heterocycles. The molecule has 21 heavy (non-hydrogen) atoms. The van der Waals surface area contributed by atoms with Crippen molar-refractivity contribution in [3.8, 4) is 5.75 Å². The number of ether oxygens (including phenoxy) is 2. The van der Waals surface area contributed by atoms with Crippen LogP contribution >= 0.6 is 11.6 Å². The number of amides is 1. The maximum Gasteiger partial charge on any atom is 0.310 e. The summed E-state index contributed by atoms with van der Waals surface area (Å²) in [4.78, 5) is 24.9. The molecule has 1 amide bonds. The van der Waals surface area contributed by atoms with Gasteiger partial charge < -0.3 is 14.4 Å². The van der Waals surface area contributed by atoms with Crippen molar-refractivity contribution in [3.63, 3.8) is 0 Å². The van der Waals surface area contributed by atoms with Crippen molar-refractivity contribution in [2.24, 2.45) is 5.92 Å². The van der Waals surface area contributed by atoms with Crippen LogP contribution in [0.3, 0.4) is 0 Å². The number of rotatable bonds is 4. The zero-order valence-electron chi connectivity index (χ0n) is 11.5. The molecule has 114 valence electrons. The van der Waals surface area contributed by atoms with E-state index >= 15 is 0 Å². The Balaban J connectivity index is 1.87. The molecule has 1 fully saturated rings. The summed E-state index contributed by atoms with van der Waals surface area (Å²) in [6, 6.07) is 3.69. The zero-order valence-corrected chi connectivity index (χ0v) is 12.2. The molecule has 0 N–H and O–H groups in total. The molecule has 5 nitrogen and oxygen atoms in total. The predicted molar refractivity (Wildman–Crippen MR) is 73.6 cm³/mol. The number of hydrogen-bond acceptors (Lipinski definition) is 4. The van der Waals surface area contributed by atoms with Gasteiger partial charge in [0.1, 0.15) is 11.6 Å². The molecule has 0 radical (unpaired) electrons. The smallest absolute Gasteiger partial charge is 0.310 e. The number of hydrogen-bond donors (Lipinski definition) is 0. The van der Waals surface area contributed by atoms with Gasteiger partial charge in [-0.3, -0.25) is 9.59 Å². The average Bonchev–Trinajstić information content (AvgIpc) is 2.95. The van der Waals surface area contributed by atoms with E-state index in [1.165, 1.54) is 19.2 Å². The van der Waals surface area contributed by atoms with Gasteiger partial charge in [-0.1, -0.05) is 11.6 Å². The van der Waals surface area contributed by atoms with Crippen LogP contribution in [-0.4, -0.2) is 43.6 Å². The Morgan fingerprint density at radius 1 is 1.48 bits per heavy atom. The first-order chi connectivity index (χ1) is 10.0. The van der Waals surface area contributed by atoms with Crippen molar-refractivity contribution in [2.45, 2.75) is 6.42 Å². The summed E-state index contributed by atoms with van der Waals surface area (Å²) in [5, 5.41) is 0.108. The van der Waals surface area contributed by atoms with Crippen LogP contribution in [0.5, 0.6) is 5.75 Å². The summed E-state index contributed by atoms with van der Waals surface area (Å²) in [7, 11) is 1.33. The number of methoxy groups -OCH3 is 1. The molecule has 7 heteroatoms. The normalized spacial score (nSPS) is 17.7. The van der Waals surface area contributed by atoms with E-state index in [4.69, 9.17) is 16.3 Å². The van der Waals surface area contributed by atoms with Crippen LogP contribution in [0.4, 0.5) is 4.39 Å². The van der Waals surface area contributed by atoms with Crippen molar-refractivity contribution in [2.75, 3.05) is 26.8 Å². The molecule has 0 spiro atoms. The number of benzene rings is 1. The number of carbonyl (C=O) groups is 2. The molecule has 0 aromatic heterocycles. The van der Waals surface area contributed by atoms with Crippen LogP contribution in [0.2, 0.25) is 5.02 Å². The Morgan fingerprint density at radius 2 is 2.24 bits per heavy atom. The average molecular weight is 316 g/mol. The SMILES string of the molecule is COC(=O)C1CCN(C(=O)COc2ccc(F)cc2Cl)C1. The Labute approximate surface area is 126 Å². The second-order valence-electron chi connectivity index (χ2n) is 4.71. The third-order valence-corrected chi connectivity index (χ3v) is 3.62. The highest BCUT2D eigenvalue weighted by Crippen LogP contribution is 2.25. The Bertz CT molecular complexity index is 552. The van der Waals surface area contributed by atoms with E-state index in [-0.39, 0.29) is 35.2 Å². The molecule has 1 aromatic carbocycles. The molecule has 1 saturated heterocycles.